The second-order valence-corrected chi connectivity index (χ2v) is 5.80. The number of rotatable bonds is 0. The van der Waals surface area contributed by atoms with Crippen molar-refractivity contribution >= 4 is 5.91 Å². The Kier molecular flexibility index (Phi) is 1.08. The minimum absolute atomic E-state index is 0.305. The van der Waals surface area contributed by atoms with Crippen LogP contribution in [0.15, 0.2) is 24.3 Å². The van der Waals surface area contributed by atoms with Gasteiger partial charge in [-0.05, 0) is 29.4 Å². The third-order valence-electron chi connectivity index (χ3n) is 5.30. The Morgan fingerprint density at radius 3 is 2.44 bits per heavy atom. The smallest absolute Gasteiger partial charge is 0.226 e. The third kappa shape index (κ3) is 0.649. The van der Waals surface area contributed by atoms with Crippen LogP contribution in [-0.4, -0.2) is 11.9 Å². The van der Waals surface area contributed by atoms with Gasteiger partial charge in [0, 0.05) is 17.9 Å². The minimum Gasteiger partial charge on any atom is -0.352 e. The molecule has 1 N–H and O–H groups in total. The van der Waals surface area contributed by atoms with E-state index in [2.05, 4.69) is 29.6 Å². The number of benzene rings is 1. The van der Waals surface area contributed by atoms with Crippen LogP contribution in [0.25, 0.3) is 0 Å². The first-order chi connectivity index (χ1) is 7.86. The quantitative estimate of drug-likeness (QED) is 0.649. The zero-order valence-corrected chi connectivity index (χ0v) is 8.89. The largest absolute Gasteiger partial charge is 0.352 e. The van der Waals surface area contributed by atoms with Crippen molar-refractivity contribution in [2.75, 3.05) is 0 Å². The Hall–Kier alpha value is -1.31. The van der Waals surface area contributed by atoms with Gasteiger partial charge in [-0.25, -0.2) is 0 Å². The van der Waals surface area contributed by atoms with Gasteiger partial charge < -0.3 is 5.32 Å². The van der Waals surface area contributed by atoms with Crippen LogP contribution in [0.1, 0.15) is 29.4 Å². The van der Waals surface area contributed by atoms with Crippen molar-refractivity contribution < 1.29 is 4.79 Å². The minimum atomic E-state index is 0.305. The number of amides is 1. The fourth-order valence-electron chi connectivity index (χ4n) is 4.68. The molecule has 3 fully saturated rings. The molecule has 1 aliphatic heterocycles. The molecule has 4 aliphatic carbocycles. The molecule has 5 aliphatic rings. The molecule has 2 bridgehead atoms. The van der Waals surface area contributed by atoms with E-state index in [-0.39, 0.29) is 0 Å². The number of nitrogens with one attached hydrogen (secondary N) is 1. The average Bonchev–Trinajstić information content (AvgIpc) is 3.07. The van der Waals surface area contributed by atoms with Crippen molar-refractivity contribution in [2.24, 2.45) is 17.8 Å². The maximum atomic E-state index is 11.7. The average molecular weight is 211 g/mol. The van der Waals surface area contributed by atoms with E-state index in [0.717, 1.165) is 11.8 Å². The Balaban J connectivity index is 1.79. The van der Waals surface area contributed by atoms with Gasteiger partial charge in [-0.3, -0.25) is 4.79 Å². The summed E-state index contributed by atoms with van der Waals surface area (Å²) in [6, 6.07) is 9.27. The third-order valence-corrected chi connectivity index (χ3v) is 5.30. The molecule has 6 unspecified atom stereocenters. The van der Waals surface area contributed by atoms with E-state index in [1.807, 2.05) is 0 Å². The van der Waals surface area contributed by atoms with Crippen molar-refractivity contribution in [1.82, 2.24) is 5.32 Å². The number of carbonyl (C=O) groups is 1. The maximum Gasteiger partial charge on any atom is 0.226 e. The van der Waals surface area contributed by atoms with Crippen molar-refractivity contribution in [2.45, 2.75) is 24.3 Å². The van der Waals surface area contributed by atoms with Gasteiger partial charge in [-0.1, -0.05) is 24.3 Å². The fraction of sp³-hybridized carbons (Fsp3) is 0.500. The molecule has 0 radical (unpaired) electrons. The molecule has 6 atom stereocenters. The number of carbonyl (C=O) groups excluding carboxylic acids is 1. The summed E-state index contributed by atoms with van der Waals surface area (Å²) in [5, 5.41) is 3.14. The molecular formula is C14H13NO. The van der Waals surface area contributed by atoms with E-state index in [1.54, 1.807) is 0 Å². The molecule has 6 rings (SSSR count). The van der Waals surface area contributed by atoms with Crippen LogP contribution in [0.5, 0.6) is 0 Å². The second kappa shape index (κ2) is 2.20. The molecule has 80 valence electrons. The van der Waals surface area contributed by atoms with Gasteiger partial charge in [-0.15, -0.1) is 0 Å². The zero-order chi connectivity index (χ0) is 10.4. The standard InChI is InChI=1S/C14H13NO/c16-14-12-10-6-3-1-2-4-7(6)11(13(12)15-14)9-5-8(9)10/h1-4,8-13H,5H2,(H,15,16). The van der Waals surface area contributed by atoms with Crippen LogP contribution in [-0.2, 0) is 4.79 Å². The summed E-state index contributed by atoms with van der Waals surface area (Å²) in [6.45, 7) is 0. The molecule has 2 heteroatoms. The summed E-state index contributed by atoms with van der Waals surface area (Å²) in [5.41, 5.74) is 3.02. The first-order valence-electron chi connectivity index (χ1n) is 6.25. The van der Waals surface area contributed by atoms with Gasteiger partial charge in [0.15, 0.2) is 0 Å². The molecule has 0 aromatic heterocycles. The molecule has 0 spiro atoms. The topological polar surface area (TPSA) is 29.1 Å². The predicted molar refractivity (Wildman–Crippen MR) is 58.9 cm³/mol. The molecule has 1 saturated heterocycles. The van der Waals surface area contributed by atoms with Crippen molar-refractivity contribution in [1.29, 1.82) is 0 Å². The lowest BCUT2D eigenvalue weighted by Gasteiger charge is -2.54. The summed E-state index contributed by atoms with van der Waals surface area (Å²) in [6.07, 6.45) is 1.35. The van der Waals surface area contributed by atoms with Crippen LogP contribution in [0, 0.1) is 17.8 Å². The molecule has 1 heterocycles. The predicted octanol–water partition coefficient (Wildman–Crippen LogP) is 1.63. The van der Waals surface area contributed by atoms with Crippen molar-refractivity contribution in [3.63, 3.8) is 0 Å². The highest BCUT2D eigenvalue weighted by atomic mass is 16.2. The summed E-state index contributed by atoms with van der Waals surface area (Å²) in [7, 11) is 0. The highest BCUT2D eigenvalue weighted by Crippen LogP contribution is 2.70. The van der Waals surface area contributed by atoms with Gasteiger partial charge in [0.05, 0.1) is 5.92 Å². The van der Waals surface area contributed by atoms with Gasteiger partial charge in [0.2, 0.25) is 5.91 Å². The Morgan fingerprint density at radius 2 is 1.69 bits per heavy atom. The number of hydrogen-bond donors (Lipinski definition) is 1. The maximum absolute atomic E-state index is 11.7. The van der Waals surface area contributed by atoms with Crippen LogP contribution >= 0.6 is 0 Å². The van der Waals surface area contributed by atoms with Crippen LogP contribution in [0.2, 0.25) is 0 Å². The van der Waals surface area contributed by atoms with E-state index in [1.165, 1.54) is 17.5 Å². The first-order valence-corrected chi connectivity index (χ1v) is 6.25. The van der Waals surface area contributed by atoms with Gasteiger partial charge in [-0.2, -0.15) is 0 Å². The second-order valence-electron chi connectivity index (χ2n) is 5.80. The van der Waals surface area contributed by atoms with Gasteiger partial charge >= 0.3 is 0 Å². The zero-order valence-electron chi connectivity index (χ0n) is 8.89. The highest BCUT2D eigenvalue weighted by molar-refractivity contribution is 5.89. The molecule has 1 aromatic carbocycles. The van der Waals surface area contributed by atoms with Crippen LogP contribution in [0.3, 0.4) is 0 Å². The molecule has 2 saturated carbocycles. The Labute approximate surface area is 94.0 Å². The number of β-lactam (4-membered cyclic amide) rings is 1. The van der Waals surface area contributed by atoms with Crippen molar-refractivity contribution in [3.8, 4) is 0 Å². The summed E-state index contributed by atoms with van der Waals surface area (Å²) < 4.78 is 0. The molecule has 2 nitrogen and oxygen atoms in total. The lowest BCUT2D eigenvalue weighted by Crippen LogP contribution is -2.67. The van der Waals surface area contributed by atoms with E-state index >= 15 is 0 Å². The van der Waals surface area contributed by atoms with E-state index in [4.69, 9.17) is 0 Å². The molecule has 16 heavy (non-hydrogen) atoms. The van der Waals surface area contributed by atoms with E-state index < -0.39 is 0 Å². The molecular weight excluding hydrogens is 198 g/mol. The van der Waals surface area contributed by atoms with E-state index in [9.17, 15) is 4.79 Å². The SMILES string of the molecule is O=C1NC2C1C1c3ccccc3C2C2CC21. The normalized spacial score (nSPS) is 49.6. The number of hydrogen-bond acceptors (Lipinski definition) is 1. The van der Waals surface area contributed by atoms with Crippen LogP contribution < -0.4 is 5.32 Å². The molecule has 1 amide bonds. The highest BCUT2D eigenvalue weighted by Gasteiger charge is 2.68. The first kappa shape index (κ1) is 7.88. The Morgan fingerprint density at radius 1 is 1.00 bits per heavy atom. The monoisotopic (exact) mass is 211 g/mol. The van der Waals surface area contributed by atoms with Gasteiger partial charge in [0.1, 0.15) is 0 Å². The Bertz CT molecular complexity index is 523. The van der Waals surface area contributed by atoms with Crippen molar-refractivity contribution in [3.05, 3.63) is 35.4 Å². The fourth-order valence-corrected chi connectivity index (χ4v) is 4.68. The lowest BCUT2D eigenvalue weighted by atomic mass is 9.56. The molecule has 1 aromatic rings. The van der Waals surface area contributed by atoms with Crippen LogP contribution in [0.4, 0.5) is 0 Å². The summed E-state index contributed by atoms with van der Waals surface area (Å²) in [5.74, 6) is 3.50. The van der Waals surface area contributed by atoms with Gasteiger partial charge in [0.25, 0.3) is 0 Å². The lowest BCUT2D eigenvalue weighted by molar-refractivity contribution is -0.140. The summed E-state index contributed by atoms with van der Waals surface area (Å²) in [4.78, 5) is 11.7. The van der Waals surface area contributed by atoms with E-state index in [0.29, 0.717) is 29.7 Å². The summed E-state index contributed by atoms with van der Waals surface area (Å²) >= 11 is 0.